The minimum absolute atomic E-state index is 0.0213. The Kier molecular flexibility index (Phi) is 5.39. The van der Waals surface area contributed by atoms with Gasteiger partial charge in [0.2, 0.25) is 5.43 Å². The molecule has 0 aliphatic carbocycles. The molecule has 0 bridgehead atoms. The Morgan fingerprint density at radius 3 is 2.32 bits per heavy atom. The average Bonchev–Trinajstić information content (AvgIpc) is 2.68. The lowest BCUT2D eigenvalue weighted by molar-refractivity contribution is -0.137. The van der Waals surface area contributed by atoms with Crippen LogP contribution in [0.2, 0.25) is 0 Å². The molecule has 28 heavy (non-hydrogen) atoms. The normalized spacial score (nSPS) is 12.5. The van der Waals surface area contributed by atoms with Crippen molar-refractivity contribution in [2.45, 2.75) is 6.18 Å². The van der Waals surface area contributed by atoms with Gasteiger partial charge in [-0.15, -0.1) is 0 Å². The lowest BCUT2D eigenvalue weighted by Gasteiger charge is -2.10. The molecule has 0 aliphatic heterocycles. The zero-order valence-electron chi connectivity index (χ0n) is 14.5. The number of nitrogens with two attached hydrogens (primary N) is 1. The van der Waals surface area contributed by atoms with Crippen molar-refractivity contribution in [2.24, 2.45) is 10.7 Å². The standard InChI is InChI=1S/C20H15F3N4O/c21-20(22,23)14-6-8-16(9-7-14)27-13-11-18(28)19(26-27)17(10-12-24)25-15-4-2-1-3-5-15/h1-13H,24H2. The van der Waals surface area contributed by atoms with Gasteiger partial charge in [-0.05, 0) is 48.7 Å². The summed E-state index contributed by atoms with van der Waals surface area (Å²) in [6, 6.07) is 14.6. The van der Waals surface area contributed by atoms with Crippen molar-refractivity contribution in [2.75, 3.05) is 0 Å². The molecule has 2 aromatic carbocycles. The number of aromatic nitrogens is 2. The van der Waals surface area contributed by atoms with Gasteiger partial charge in [0.15, 0.2) is 5.69 Å². The number of benzene rings is 2. The molecule has 5 nitrogen and oxygen atoms in total. The highest BCUT2D eigenvalue weighted by Crippen LogP contribution is 2.29. The van der Waals surface area contributed by atoms with Crippen LogP contribution in [0.25, 0.3) is 5.69 Å². The van der Waals surface area contributed by atoms with Gasteiger partial charge < -0.3 is 5.73 Å². The predicted octanol–water partition coefficient (Wildman–Crippen LogP) is 3.84. The number of hydrogen-bond donors (Lipinski definition) is 1. The van der Waals surface area contributed by atoms with E-state index in [2.05, 4.69) is 10.1 Å². The number of nitrogens with zero attached hydrogens (tertiary/aromatic N) is 3. The molecule has 142 valence electrons. The lowest BCUT2D eigenvalue weighted by atomic mass is 10.2. The average molecular weight is 384 g/mol. The number of hydrogen-bond acceptors (Lipinski definition) is 4. The minimum Gasteiger partial charge on any atom is -0.405 e. The van der Waals surface area contributed by atoms with E-state index in [0.717, 1.165) is 12.1 Å². The summed E-state index contributed by atoms with van der Waals surface area (Å²) in [6.07, 6.45) is -0.380. The monoisotopic (exact) mass is 384 g/mol. The van der Waals surface area contributed by atoms with Gasteiger partial charge in [-0.25, -0.2) is 9.67 Å². The Labute approximate surface area is 158 Å². The molecule has 3 rings (SSSR count). The highest BCUT2D eigenvalue weighted by atomic mass is 19.4. The smallest absolute Gasteiger partial charge is 0.405 e. The van der Waals surface area contributed by atoms with Crippen LogP contribution in [0.4, 0.5) is 18.9 Å². The van der Waals surface area contributed by atoms with Gasteiger partial charge in [-0.3, -0.25) is 4.79 Å². The molecule has 3 aromatic rings. The second-order valence-corrected chi connectivity index (χ2v) is 5.71. The van der Waals surface area contributed by atoms with Crippen molar-refractivity contribution in [3.05, 3.63) is 101 Å². The van der Waals surface area contributed by atoms with Crippen molar-refractivity contribution in [3.8, 4) is 5.69 Å². The zero-order chi connectivity index (χ0) is 20.1. The summed E-state index contributed by atoms with van der Waals surface area (Å²) < 4.78 is 39.5. The van der Waals surface area contributed by atoms with Crippen LogP contribution in [0.15, 0.2) is 88.9 Å². The van der Waals surface area contributed by atoms with Crippen molar-refractivity contribution in [1.29, 1.82) is 0 Å². The summed E-state index contributed by atoms with van der Waals surface area (Å²) in [5.41, 5.74) is 5.53. The third kappa shape index (κ3) is 4.35. The fourth-order valence-electron chi connectivity index (χ4n) is 2.43. The van der Waals surface area contributed by atoms with Gasteiger partial charge >= 0.3 is 6.18 Å². The third-order valence-electron chi connectivity index (χ3n) is 3.77. The summed E-state index contributed by atoms with van der Waals surface area (Å²) in [7, 11) is 0. The Morgan fingerprint density at radius 2 is 1.71 bits per heavy atom. The number of para-hydroxylation sites is 1. The summed E-state index contributed by atoms with van der Waals surface area (Å²) in [5, 5.41) is 4.23. The van der Waals surface area contributed by atoms with Gasteiger partial charge in [-0.2, -0.15) is 18.3 Å². The molecule has 0 unspecified atom stereocenters. The second kappa shape index (κ2) is 7.91. The van der Waals surface area contributed by atoms with Crippen molar-refractivity contribution >= 4 is 11.4 Å². The molecule has 0 spiro atoms. The van der Waals surface area contributed by atoms with Crippen LogP contribution in [0.5, 0.6) is 0 Å². The summed E-state index contributed by atoms with van der Waals surface area (Å²) in [6.45, 7) is 0. The molecular weight excluding hydrogens is 369 g/mol. The van der Waals surface area contributed by atoms with Crippen LogP contribution in [0, 0.1) is 0 Å². The largest absolute Gasteiger partial charge is 0.416 e. The Bertz CT molecular complexity index is 1070. The molecular formula is C20H15F3N4O. The van der Waals surface area contributed by atoms with Gasteiger partial charge in [0.1, 0.15) is 0 Å². The van der Waals surface area contributed by atoms with Crippen LogP contribution in [-0.4, -0.2) is 15.5 Å². The predicted molar refractivity (Wildman–Crippen MR) is 101 cm³/mol. The number of alkyl halides is 3. The molecule has 8 heteroatoms. The fraction of sp³-hybridized carbons (Fsp3) is 0.0500. The summed E-state index contributed by atoms with van der Waals surface area (Å²) in [5.74, 6) is 0. The Morgan fingerprint density at radius 1 is 1.04 bits per heavy atom. The molecule has 0 fully saturated rings. The van der Waals surface area contributed by atoms with E-state index in [0.29, 0.717) is 11.4 Å². The maximum Gasteiger partial charge on any atom is 0.416 e. The lowest BCUT2D eigenvalue weighted by Crippen LogP contribution is -2.20. The quantitative estimate of drug-likeness (QED) is 0.695. The third-order valence-corrected chi connectivity index (χ3v) is 3.77. The number of allylic oxidation sites excluding steroid dienone is 1. The van der Waals surface area contributed by atoms with Crippen molar-refractivity contribution < 1.29 is 13.2 Å². The summed E-state index contributed by atoms with van der Waals surface area (Å²) >= 11 is 0. The highest BCUT2D eigenvalue weighted by Gasteiger charge is 2.30. The fourth-order valence-corrected chi connectivity index (χ4v) is 2.43. The minimum atomic E-state index is -4.43. The number of halogens is 3. The van der Waals surface area contributed by atoms with Gasteiger partial charge in [0.05, 0.1) is 22.6 Å². The second-order valence-electron chi connectivity index (χ2n) is 5.71. The van der Waals surface area contributed by atoms with Crippen molar-refractivity contribution in [1.82, 2.24) is 9.78 Å². The Hall–Kier alpha value is -3.68. The zero-order valence-corrected chi connectivity index (χ0v) is 14.5. The number of rotatable bonds is 4. The van der Waals surface area contributed by atoms with E-state index >= 15 is 0 Å². The first-order valence-corrected chi connectivity index (χ1v) is 8.18. The van der Waals surface area contributed by atoms with E-state index in [1.807, 2.05) is 6.07 Å². The molecule has 0 saturated carbocycles. The first-order valence-electron chi connectivity index (χ1n) is 8.18. The van der Waals surface area contributed by atoms with E-state index in [1.54, 1.807) is 24.3 Å². The van der Waals surface area contributed by atoms with E-state index in [4.69, 9.17) is 5.73 Å². The molecule has 0 aliphatic rings. The van der Waals surface area contributed by atoms with Crippen LogP contribution in [-0.2, 0) is 6.18 Å². The first kappa shape index (κ1) is 19.1. The van der Waals surface area contributed by atoms with Crippen molar-refractivity contribution in [3.63, 3.8) is 0 Å². The highest BCUT2D eigenvalue weighted by molar-refractivity contribution is 6.08. The molecule has 1 aromatic heterocycles. The molecule has 0 saturated heterocycles. The first-order chi connectivity index (χ1) is 13.4. The molecule has 0 radical (unpaired) electrons. The van der Waals surface area contributed by atoms with Crippen LogP contribution in [0.1, 0.15) is 11.3 Å². The molecule has 0 atom stereocenters. The maximum atomic E-state index is 12.7. The van der Waals surface area contributed by atoms with Gasteiger partial charge in [0, 0.05) is 12.3 Å². The van der Waals surface area contributed by atoms with E-state index in [-0.39, 0.29) is 11.4 Å². The van der Waals surface area contributed by atoms with Crippen LogP contribution < -0.4 is 11.2 Å². The SMILES string of the molecule is NC=CC(=Nc1ccccc1)c1nn(-c2ccc(C(F)(F)F)cc2)ccc1=O. The summed E-state index contributed by atoms with van der Waals surface area (Å²) in [4.78, 5) is 16.7. The number of aliphatic imine (C=N–C) groups is 1. The topological polar surface area (TPSA) is 73.3 Å². The molecule has 0 amide bonds. The van der Waals surface area contributed by atoms with Gasteiger partial charge in [0.25, 0.3) is 0 Å². The molecule has 1 heterocycles. The van der Waals surface area contributed by atoms with Crippen LogP contribution >= 0.6 is 0 Å². The molecule has 2 N–H and O–H groups in total. The van der Waals surface area contributed by atoms with Crippen LogP contribution in [0.3, 0.4) is 0 Å². The van der Waals surface area contributed by atoms with Gasteiger partial charge in [-0.1, -0.05) is 18.2 Å². The maximum absolute atomic E-state index is 12.7. The van der Waals surface area contributed by atoms with E-state index < -0.39 is 17.2 Å². The Balaban J connectivity index is 2.05. The van der Waals surface area contributed by atoms with E-state index in [1.165, 1.54) is 41.4 Å². The van der Waals surface area contributed by atoms with E-state index in [9.17, 15) is 18.0 Å².